The van der Waals surface area contributed by atoms with Gasteiger partial charge >= 0.3 is 0 Å². The van der Waals surface area contributed by atoms with E-state index in [2.05, 4.69) is 62.4 Å². The molecule has 0 spiro atoms. The first-order valence-corrected chi connectivity index (χ1v) is 13.7. The molecule has 0 bridgehead atoms. The number of nitrogens with two attached hydrogens (primary N) is 1. The van der Waals surface area contributed by atoms with Crippen LogP contribution in [0.3, 0.4) is 0 Å². The third-order valence-corrected chi connectivity index (χ3v) is 7.31. The maximum absolute atomic E-state index is 10.9. The molecule has 6 atom stereocenters. The predicted octanol–water partition coefficient (Wildman–Crippen LogP) is 6.39. The lowest BCUT2D eigenvalue weighted by Gasteiger charge is -2.28. The second-order valence-corrected chi connectivity index (χ2v) is 11.3. The summed E-state index contributed by atoms with van der Waals surface area (Å²) in [6, 6.07) is 0. The molecule has 0 aliphatic carbocycles. The zero-order valence-corrected chi connectivity index (χ0v) is 22.8. The van der Waals surface area contributed by atoms with E-state index in [0.717, 1.165) is 42.8 Å². The van der Waals surface area contributed by atoms with Gasteiger partial charge in [0.2, 0.25) is 5.91 Å². The van der Waals surface area contributed by atoms with Crippen molar-refractivity contribution in [3.05, 3.63) is 58.1 Å². The number of allylic oxidation sites excluding steroid dienone is 2. The number of primary amides is 1. The Labute approximate surface area is 215 Å². The number of aliphatic hydroxyl groups excluding tert-OH is 1. The zero-order valence-electron chi connectivity index (χ0n) is 22.0. The van der Waals surface area contributed by atoms with Crippen LogP contribution in [0.5, 0.6) is 0 Å². The second-order valence-electron chi connectivity index (χ2n) is 10.2. The first kappa shape index (κ1) is 29.2. The first-order valence-electron chi connectivity index (χ1n) is 12.9. The molecular formula is C29H44N2O3S. The minimum atomic E-state index is -0.427. The molecule has 0 radical (unpaired) electrons. The highest BCUT2D eigenvalue weighted by atomic mass is 32.1. The van der Waals surface area contributed by atoms with Gasteiger partial charge in [-0.25, -0.2) is 4.98 Å². The van der Waals surface area contributed by atoms with Crippen molar-refractivity contribution in [1.29, 1.82) is 0 Å². The molecule has 1 aromatic heterocycles. The Kier molecular flexibility index (Phi) is 12.7. The maximum atomic E-state index is 10.9. The Balaban J connectivity index is 1.69. The minimum absolute atomic E-state index is 0.00688. The van der Waals surface area contributed by atoms with Gasteiger partial charge in [0, 0.05) is 5.38 Å². The SMILES string of the molecule is C/C(=C\c1csc(C)n1)[C@@H](C)C/C=C/C(O)CC(C)C[C@H](C)CC1CC=C[C@@H](C/C=C/C(N)=O)O1. The number of hydrogen-bond donors (Lipinski definition) is 2. The van der Waals surface area contributed by atoms with Gasteiger partial charge in [-0.3, -0.25) is 4.79 Å². The average molecular weight is 501 g/mol. The van der Waals surface area contributed by atoms with Gasteiger partial charge in [-0.05, 0) is 82.3 Å². The summed E-state index contributed by atoms with van der Waals surface area (Å²) >= 11 is 1.67. The smallest absolute Gasteiger partial charge is 0.241 e. The molecule has 1 amide bonds. The summed E-state index contributed by atoms with van der Waals surface area (Å²) in [6.45, 7) is 10.9. The molecule has 35 heavy (non-hydrogen) atoms. The van der Waals surface area contributed by atoms with Crippen LogP contribution in [0.25, 0.3) is 6.08 Å². The predicted molar refractivity (Wildman–Crippen MR) is 147 cm³/mol. The first-order chi connectivity index (χ1) is 16.6. The number of aryl methyl sites for hydroxylation is 1. The number of aromatic nitrogens is 1. The third-order valence-electron chi connectivity index (χ3n) is 6.52. The molecule has 1 aliphatic rings. The van der Waals surface area contributed by atoms with E-state index >= 15 is 0 Å². The molecule has 0 aromatic carbocycles. The van der Waals surface area contributed by atoms with Crippen LogP contribution >= 0.6 is 11.3 Å². The molecule has 2 rings (SSSR count). The van der Waals surface area contributed by atoms with Gasteiger partial charge in [0.25, 0.3) is 0 Å². The second kappa shape index (κ2) is 15.2. The van der Waals surface area contributed by atoms with Gasteiger partial charge in [0.1, 0.15) is 0 Å². The van der Waals surface area contributed by atoms with Gasteiger partial charge in [0.05, 0.1) is 29.0 Å². The van der Waals surface area contributed by atoms with E-state index < -0.39 is 12.0 Å². The van der Waals surface area contributed by atoms with Crippen molar-refractivity contribution in [3.8, 4) is 0 Å². The molecular weight excluding hydrogens is 456 g/mol. The fourth-order valence-electron chi connectivity index (χ4n) is 4.60. The van der Waals surface area contributed by atoms with Crippen molar-refractivity contribution in [2.75, 3.05) is 0 Å². The van der Waals surface area contributed by atoms with Crippen LogP contribution in [-0.2, 0) is 9.53 Å². The van der Waals surface area contributed by atoms with Crippen molar-refractivity contribution < 1.29 is 14.6 Å². The monoisotopic (exact) mass is 500 g/mol. The van der Waals surface area contributed by atoms with Crippen LogP contribution in [0.2, 0.25) is 0 Å². The van der Waals surface area contributed by atoms with Gasteiger partial charge < -0.3 is 15.6 Å². The molecule has 1 aromatic rings. The molecule has 0 saturated carbocycles. The van der Waals surface area contributed by atoms with E-state index in [9.17, 15) is 9.90 Å². The standard InChI is InChI=1S/C29H44N2O3S/c1-20(15-21(2)17-28-13-7-11-27(34-28)12-8-14-29(30)33)16-26(32)10-6-9-22(3)23(4)18-25-19-35-24(5)31-25/h6-8,10-11,14,18-22,26-28,32H,9,12-13,15-17H2,1-5H3,(H2,30,33)/b10-6+,14-8+,23-18+/t20?,21-,22-,26?,27-,28?/m0/s1. The van der Waals surface area contributed by atoms with Crippen molar-refractivity contribution in [1.82, 2.24) is 4.98 Å². The van der Waals surface area contributed by atoms with Crippen LogP contribution in [0, 0.1) is 24.7 Å². The molecule has 2 heterocycles. The number of ether oxygens (including phenoxy) is 1. The number of nitrogens with zero attached hydrogens (tertiary/aromatic N) is 1. The fourth-order valence-corrected chi connectivity index (χ4v) is 5.17. The Bertz CT molecular complexity index is 901. The summed E-state index contributed by atoms with van der Waals surface area (Å²) in [5, 5.41) is 13.7. The average Bonchev–Trinajstić information content (AvgIpc) is 3.17. The van der Waals surface area contributed by atoms with E-state index in [0.29, 0.717) is 24.2 Å². The molecule has 0 fully saturated rings. The van der Waals surface area contributed by atoms with E-state index in [1.807, 2.05) is 13.0 Å². The number of thiazole rings is 1. The highest BCUT2D eigenvalue weighted by Crippen LogP contribution is 2.26. The highest BCUT2D eigenvalue weighted by molar-refractivity contribution is 7.09. The number of hydrogen-bond acceptors (Lipinski definition) is 5. The van der Waals surface area contributed by atoms with Crippen molar-refractivity contribution in [3.63, 3.8) is 0 Å². The number of carbonyl (C=O) groups excluding carboxylic acids is 1. The normalized spacial score (nSPS) is 22.5. The Morgan fingerprint density at radius 3 is 2.74 bits per heavy atom. The van der Waals surface area contributed by atoms with Crippen molar-refractivity contribution in [2.45, 2.75) is 91.5 Å². The van der Waals surface area contributed by atoms with Crippen LogP contribution in [-0.4, -0.2) is 34.3 Å². The molecule has 3 unspecified atom stereocenters. The van der Waals surface area contributed by atoms with Crippen LogP contribution in [0.15, 0.2) is 47.4 Å². The summed E-state index contributed by atoms with van der Waals surface area (Å²) in [5.41, 5.74) is 7.49. The van der Waals surface area contributed by atoms with Crippen molar-refractivity contribution in [2.24, 2.45) is 23.5 Å². The lowest BCUT2D eigenvalue weighted by atomic mass is 9.88. The van der Waals surface area contributed by atoms with Gasteiger partial charge in [0.15, 0.2) is 0 Å². The number of rotatable bonds is 14. The zero-order chi connectivity index (χ0) is 25.8. The quantitative estimate of drug-likeness (QED) is 0.229. The van der Waals surface area contributed by atoms with Crippen LogP contribution in [0.4, 0.5) is 0 Å². The Morgan fingerprint density at radius 2 is 2.06 bits per heavy atom. The fraction of sp³-hybridized carbons (Fsp3) is 0.586. The van der Waals surface area contributed by atoms with Gasteiger partial charge in [-0.1, -0.05) is 56.7 Å². The van der Waals surface area contributed by atoms with Crippen LogP contribution < -0.4 is 5.73 Å². The summed E-state index contributed by atoms with van der Waals surface area (Å²) in [4.78, 5) is 15.4. The lowest BCUT2D eigenvalue weighted by molar-refractivity contribution is -0.113. The summed E-state index contributed by atoms with van der Waals surface area (Å²) in [6.07, 6.45) is 18.8. The van der Waals surface area contributed by atoms with Crippen molar-refractivity contribution >= 4 is 23.3 Å². The third kappa shape index (κ3) is 12.0. The van der Waals surface area contributed by atoms with Crippen LogP contribution in [0.1, 0.15) is 76.9 Å². The molecule has 194 valence electrons. The van der Waals surface area contributed by atoms with E-state index in [-0.39, 0.29) is 12.2 Å². The summed E-state index contributed by atoms with van der Waals surface area (Å²) in [7, 11) is 0. The Morgan fingerprint density at radius 1 is 1.29 bits per heavy atom. The number of amides is 1. The van der Waals surface area contributed by atoms with E-state index in [1.165, 1.54) is 11.6 Å². The van der Waals surface area contributed by atoms with Gasteiger partial charge in [-0.15, -0.1) is 11.3 Å². The van der Waals surface area contributed by atoms with E-state index in [1.54, 1.807) is 17.4 Å². The Hall–Kier alpha value is -2.02. The topological polar surface area (TPSA) is 85.4 Å². The van der Waals surface area contributed by atoms with Gasteiger partial charge in [-0.2, -0.15) is 0 Å². The summed E-state index contributed by atoms with van der Waals surface area (Å²) in [5.74, 6) is 0.938. The largest absolute Gasteiger partial charge is 0.389 e. The molecule has 0 saturated heterocycles. The number of aliphatic hydroxyl groups is 1. The molecule has 6 heteroatoms. The van der Waals surface area contributed by atoms with E-state index in [4.69, 9.17) is 10.5 Å². The minimum Gasteiger partial charge on any atom is -0.389 e. The maximum Gasteiger partial charge on any atom is 0.241 e. The molecule has 5 nitrogen and oxygen atoms in total. The molecule has 3 N–H and O–H groups in total. The number of carbonyl (C=O) groups is 1. The summed E-state index contributed by atoms with van der Waals surface area (Å²) < 4.78 is 6.18. The lowest BCUT2D eigenvalue weighted by Crippen LogP contribution is -2.26. The molecule has 1 aliphatic heterocycles. The highest BCUT2D eigenvalue weighted by Gasteiger charge is 2.21.